The molecule has 116 valence electrons. The molecule has 0 amide bonds. The molecule has 0 N–H and O–H groups in total. The topological polar surface area (TPSA) is 9.23 Å². The lowest BCUT2D eigenvalue weighted by molar-refractivity contribution is 0.190. The monoisotopic (exact) mass is 340 g/mol. The fourth-order valence-electron chi connectivity index (χ4n) is 2.89. The molecular formula is C20H18ClOP. The molecule has 0 heterocycles. The molecule has 3 heteroatoms. The van der Waals surface area contributed by atoms with Crippen molar-refractivity contribution < 1.29 is 4.52 Å². The van der Waals surface area contributed by atoms with Crippen molar-refractivity contribution in [3.8, 4) is 0 Å². The number of rotatable bonds is 4. The van der Waals surface area contributed by atoms with Crippen LogP contribution < -0.4 is 0 Å². The highest BCUT2D eigenvalue weighted by Gasteiger charge is 2.38. The van der Waals surface area contributed by atoms with E-state index in [9.17, 15) is 0 Å². The van der Waals surface area contributed by atoms with Crippen molar-refractivity contribution in [2.75, 3.05) is 0 Å². The van der Waals surface area contributed by atoms with E-state index >= 15 is 0 Å². The third-order valence-electron chi connectivity index (χ3n) is 4.07. The Bertz CT molecular complexity index is 786. The molecular weight excluding hydrogens is 323 g/mol. The molecule has 0 bridgehead atoms. The Morgan fingerprint density at radius 2 is 1.35 bits per heavy atom. The van der Waals surface area contributed by atoms with E-state index < -0.39 is 5.60 Å². The molecule has 0 fully saturated rings. The van der Waals surface area contributed by atoms with Crippen LogP contribution in [0.1, 0.15) is 22.3 Å². The quantitative estimate of drug-likeness (QED) is 0.434. The van der Waals surface area contributed by atoms with E-state index in [1.54, 1.807) is 0 Å². The molecule has 3 aromatic rings. The fourth-order valence-corrected chi connectivity index (χ4v) is 3.55. The minimum absolute atomic E-state index is 0.680. The lowest BCUT2D eigenvalue weighted by Crippen LogP contribution is -2.30. The first kappa shape index (κ1) is 16.2. The summed E-state index contributed by atoms with van der Waals surface area (Å²) in [7, 11) is 2.42. The van der Waals surface area contributed by atoms with E-state index in [0.29, 0.717) is 5.02 Å². The minimum atomic E-state index is -0.766. The first-order chi connectivity index (χ1) is 11.2. The van der Waals surface area contributed by atoms with Crippen molar-refractivity contribution >= 4 is 21.1 Å². The number of hydrogen-bond acceptors (Lipinski definition) is 1. The predicted molar refractivity (Wildman–Crippen MR) is 99.8 cm³/mol. The molecule has 0 saturated heterocycles. The van der Waals surface area contributed by atoms with E-state index in [1.807, 2.05) is 42.5 Å². The second-order valence-corrected chi connectivity index (χ2v) is 6.15. The third-order valence-corrected chi connectivity index (χ3v) is 4.75. The van der Waals surface area contributed by atoms with Gasteiger partial charge in [0.05, 0.1) is 0 Å². The molecule has 0 radical (unpaired) electrons. The highest BCUT2D eigenvalue weighted by Crippen LogP contribution is 2.44. The average Bonchev–Trinajstić information content (AvgIpc) is 2.60. The summed E-state index contributed by atoms with van der Waals surface area (Å²) >= 11 is 6.53. The van der Waals surface area contributed by atoms with E-state index in [4.69, 9.17) is 16.1 Å². The van der Waals surface area contributed by atoms with Crippen LogP contribution in [0, 0.1) is 6.92 Å². The SMILES string of the molecule is Cc1ccc(C(OP)(c2ccccc2)c2ccccc2Cl)cc1. The van der Waals surface area contributed by atoms with E-state index in [2.05, 4.69) is 52.8 Å². The standard InChI is InChI=1S/C20H18ClOP/c1-15-11-13-17(14-12-15)20(22-23,16-7-3-2-4-8-16)18-9-5-6-10-19(18)21/h2-14H,23H2,1H3. The highest BCUT2D eigenvalue weighted by molar-refractivity contribution is 7.09. The fraction of sp³-hybridized carbons (Fsp3) is 0.100. The van der Waals surface area contributed by atoms with Crippen LogP contribution in [0.2, 0.25) is 5.02 Å². The average molecular weight is 341 g/mol. The van der Waals surface area contributed by atoms with Crippen LogP contribution in [0.15, 0.2) is 78.9 Å². The molecule has 0 spiro atoms. The van der Waals surface area contributed by atoms with E-state index in [-0.39, 0.29) is 0 Å². The van der Waals surface area contributed by atoms with Crippen LogP contribution in [0.25, 0.3) is 0 Å². The maximum atomic E-state index is 6.53. The zero-order chi connectivity index (χ0) is 16.3. The molecule has 3 rings (SSSR count). The summed E-state index contributed by atoms with van der Waals surface area (Å²) in [5, 5.41) is 0.680. The lowest BCUT2D eigenvalue weighted by Gasteiger charge is -2.34. The molecule has 0 aromatic heterocycles. The molecule has 2 unspecified atom stereocenters. The van der Waals surface area contributed by atoms with Gasteiger partial charge < -0.3 is 4.52 Å². The van der Waals surface area contributed by atoms with Crippen molar-refractivity contribution in [2.45, 2.75) is 12.5 Å². The molecule has 3 aromatic carbocycles. The Hall–Kier alpha value is -1.66. The first-order valence-corrected chi connectivity index (χ1v) is 8.29. The highest BCUT2D eigenvalue weighted by atomic mass is 35.5. The summed E-state index contributed by atoms with van der Waals surface area (Å²) in [6.07, 6.45) is 0. The second-order valence-electron chi connectivity index (χ2n) is 5.51. The third kappa shape index (κ3) is 2.93. The van der Waals surface area contributed by atoms with Crippen LogP contribution in [-0.2, 0) is 10.1 Å². The maximum Gasteiger partial charge on any atom is 0.148 e. The minimum Gasteiger partial charge on any atom is -0.345 e. The number of halogens is 1. The van der Waals surface area contributed by atoms with Crippen molar-refractivity contribution in [1.82, 2.24) is 0 Å². The Balaban J connectivity index is 2.33. The van der Waals surface area contributed by atoms with Crippen molar-refractivity contribution in [3.05, 3.63) is 106 Å². The van der Waals surface area contributed by atoms with Gasteiger partial charge in [0.1, 0.15) is 5.60 Å². The van der Waals surface area contributed by atoms with Gasteiger partial charge in [0, 0.05) is 20.1 Å². The van der Waals surface area contributed by atoms with Crippen molar-refractivity contribution in [3.63, 3.8) is 0 Å². The van der Waals surface area contributed by atoms with Gasteiger partial charge in [-0.2, -0.15) is 0 Å². The molecule has 1 nitrogen and oxygen atoms in total. The molecule has 0 aliphatic carbocycles. The predicted octanol–water partition coefficient (Wildman–Crippen LogP) is 5.75. The summed E-state index contributed by atoms with van der Waals surface area (Å²) in [5.41, 5.74) is 3.44. The molecule has 0 aliphatic heterocycles. The summed E-state index contributed by atoms with van der Waals surface area (Å²) in [4.78, 5) is 0. The zero-order valence-corrected chi connectivity index (χ0v) is 14.8. The Labute approximate surface area is 144 Å². The molecule has 23 heavy (non-hydrogen) atoms. The Kier molecular flexibility index (Phi) is 4.82. The van der Waals surface area contributed by atoms with Crippen LogP contribution in [0.3, 0.4) is 0 Å². The summed E-state index contributed by atoms with van der Waals surface area (Å²) in [6.45, 7) is 2.07. The van der Waals surface area contributed by atoms with Crippen LogP contribution in [0.5, 0.6) is 0 Å². The zero-order valence-electron chi connectivity index (χ0n) is 12.9. The van der Waals surface area contributed by atoms with Gasteiger partial charge in [0.25, 0.3) is 0 Å². The summed E-state index contributed by atoms with van der Waals surface area (Å²) in [6, 6.07) is 26.3. The Morgan fingerprint density at radius 3 is 1.96 bits per heavy atom. The van der Waals surface area contributed by atoms with Crippen molar-refractivity contribution in [1.29, 1.82) is 0 Å². The largest absolute Gasteiger partial charge is 0.345 e. The Morgan fingerprint density at radius 1 is 0.783 bits per heavy atom. The van der Waals surface area contributed by atoms with Gasteiger partial charge >= 0.3 is 0 Å². The van der Waals surface area contributed by atoms with E-state index in [0.717, 1.165) is 16.7 Å². The molecule has 2 atom stereocenters. The van der Waals surface area contributed by atoms with Gasteiger partial charge in [-0.25, -0.2) is 0 Å². The van der Waals surface area contributed by atoms with E-state index in [1.165, 1.54) is 5.56 Å². The first-order valence-electron chi connectivity index (χ1n) is 7.44. The van der Waals surface area contributed by atoms with Gasteiger partial charge in [-0.05, 0) is 24.1 Å². The van der Waals surface area contributed by atoms with Crippen LogP contribution >= 0.6 is 21.1 Å². The number of hydrogen-bond donors (Lipinski definition) is 0. The van der Waals surface area contributed by atoms with Gasteiger partial charge in [0.2, 0.25) is 0 Å². The molecule has 0 aliphatic rings. The van der Waals surface area contributed by atoms with Crippen LogP contribution in [0.4, 0.5) is 0 Å². The summed E-state index contributed by atoms with van der Waals surface area (Å²) < 4.78 is 6.05. The number of benzene rings is 3. The normalized spacial score (nSPS) is 13.5. The molecule has 0 saturated carbocycles. The second kappa shape index (κ2) is 6.84. The lowest BCUT2D eigenvalue weighted by atomic mass is 9.80. The van der Waals surface area contributed by atoms with Crippen molar-refractivity contribution in [2.24, 2.45) is 0 Å². The van der Waals surface area contributed by atoms with Gasteiger partial charge in [0.15, 0.2) is 0 Å². The van der Waals surface area contributed by atoms with Crippen LogP contribution in [-0.4, -0.2) is 0 Å². The smallest absolute Gasteiger partial charge is 0.148 e. The summed E-state index contributed by atoms with van der Waals surface area (Å²) in [5.74, 6) is 0. The number of aryl methyl sites for hydroxylation is 1. The van der Waals surface area contributed by atoms with Gasteiger partial charge in [-0.3, -0.25) is 0 Å². The van der Waals surface area contributed by atoms with Gasteiger partial charge in [-0.15, -0.1) is 0 Å². The maximum absolute atomic E-state index is 6.53. The van der Waals surface area contributed by atoms with Gasteiger partial charge in [-0.1, -0.05) is 90.0 Å².